The van der Waals surface area contributed by atoms with Gasteiger partial charge >= 0.3 is 6.18 Å². The smallest absolute Gasteiger partial charge is 0.345 e. The molecule has 1 aliphatic rings. The van der Waals surface area contributed by atoms with E-state index in [9.17, 15) is 28.1 Å². The second-order valence-corrected chi connectivity index (χ2v) is 6.80. The summed E-state index contributed by atoms with van der Waals surface area (Å²) in [6, 6.07) is 1.29. The number of halogens is 3. The Labute approximate surface area is 144 Å². The van der Waals surface area contributed by atoms with Gasteiger partial charge in [-0.05, 0) is 25.3 Å². The van der Waals surface area contributed by atoms with Crippen molar-refractivity contribution >= 4 is 32.2 Å². The van der Waals surface area contributed by atoms with Gasteiger partial charge in [0.05, 0.1) is 15.9 Å². The van der Waals surface area contributed by atoms with Crippen molar-refractivity contribution in [2.75, 3.05) is 11.4 Å². The maximum atomic E-state index is 13.0. The lowest BCUT2D eigenvalue weighted by Gasteiger charge is -2.23. The second kappa shape index (κ2) is 6.25. The standard InChI is InChI=1S/C15H14F3N3O3S/c1-2-9-4-3-5-20(9)14-19-13(22)10-6-8(15(16,17)18)7-11(21(23)24)12(10)25-14/h6-7,9H,2-5H2,1H3. The summed E-state index contributed by atoms with van der Waals surface area (Å²) in [5.74, 6) is 0. The minimum Gasteiger partial charge on any atom is -0.345 e. The van der Waals surface area contributed by atoms with E-state index in [1.54, 1.807) is 0 Å². The molecule has 1 aromatic carbocycles. The molecule has 0 saturated carbocycles. The predicted octanol–water partition coefficient (Wildman–Crippen LogP) is 3.96. The van der Waals surface area contributed by atoms with Crippen LogP contribution in [-0.2, 0) is 6.18 Å². The third-order valence-electron chi connectivity index (χ3n) is 4.31. The summed E-state index contributed by atoms with van der Waals surface area (Å²) >= 11 is 0.897. The first-order valence-corrected chi connectivity index (χ1v) is 8.51. The molecule has 0 N–H and O–H groups in total. The zero-order valence-electron chi connectivity index (χ0n) is 13.2. The van der Waals surface area contributed by atoms with Crippen molar-refractivity contribution in [3.05, 3.63) is 38.2 Å². The summed E-state index contributed by atoms with van der Waals surface area (Å²) in [4.78, 5) is 28.5. The lowest BCUT2D eigenvalue weighted by molar-refractivity contribution is -0.383. The summed E-state index contributed by atoms with van der Waals surface area (Å²) in [7, 11) is 0. The fourth-order valence-electron chi connectivity index (χ4n) is 3.07. The van der Waals surface area contributed by atoms with Crippen molar-refractivity contribution in [2.45, 2.75) is 38.4 Å². The van der Waals surface area contributed by atoms with Crippen molar-refractivity contribution in [1.82, 2.24) is 4.98 Å². The number of non-ortho nitro benzene ring substituents is 1. The van der Waals surface area contributed by atoms with Crippen LogP contribution in [0.2, 0.25) is 0 Å². The Bertz CT molecular complexity index is 897. The molecule has 0 amide bonds. The zero-order valence-corrected chi connectivity index (χ0v) is 14.0. The van der Waals surface area contributed by atoms with Gasteiger partial charge in [-0.15, -0.1) is 0 Å². The van der Waals surface area contributed by atoms with E-state index in [1.165, 1.54) is 0 Å². The molecule has 25 heavy (non-hydrogen) atoms. The molecule has 0 aliphatic carbocycles. The highest BCUT2D eigenvalue weighted by Gasteiger charge is 2.34. The van der Waals surface area contributed by atoms with E-state index in [2.05, 4.69) is 4.98 Å². The highest BCUT2D eigenvalue weighted by molar-refractivity contribution is 7.22. The van der Waals surface area contributed by atoms with Gasteiger partial charge in [0.25, 0.3) is 11.2 Å². The minimum absolute atomic E-state index is 0.0743. The molecule has 134 valence electrons. The number of nitrogens with zero attached hydrogens (tertiary/aromatic N) is 3. The maximum Gasteiger partial charge on any atom is 0.416 e. The third-order valence-corrected chi connectivity index (χ3v) is 5.45. The molecule has 3 rings (SSSR count). The Hall–Kier alpha value is -2.23. The van der Waals surface area contributed by atoms with Crippen molar-refractivity contribution in [3.8, 4) is 0 Å². The van der Waals surface area contributed by atoms with E-state index in [1.807, 2.05) is 11.8 Å². The Kier molecular flexibility index (Phi) is 4.40. The third kappa shape index (κ3) is 3.17. The lowest BCUT2D eigenvalue weighted by Crippen LogP contribution is -2.30. The summed E-state index contributed by atoms with van der Waals surface area (Å²) < 4.78 is 38.8. The van der Waals surface area contributed by atoms with Gasteiger partial charge in [0.15, 0.2) is 5.13 Å². The zero-order chi connectivity index (χ0) is 18.4. The molecular weight excluding hydrogens is 359 g/mol. The quantitative estimate of drug-likeness (QED) is 0.601. The van der Waals surface area contributed by atoms with Crippen molar-refractivity contribution in [1.29, 1.82) is 0 Å². The summed E-state index contributed by atoms with van der Waals surface area (Å²) in [5, 5.41) is 11.2. The van der Waals surface area contributed by atoms with Crippen LogP contribution in [0.3, 0.4) is 0 Å². The molecule has 0 spiro atoms. The highest BCUT2D eigenvalue weighted by atomic mass is 32.1. The Balaban J connectivity index is 2.25. The first kappa shape index (κ1) is 17.6. The van der Waals surface area contributed by atoms with Gasteiger partial charge in [-0.25, -0.2) is 0 Å². The first-order chi connectivity index (χ1) is 11.7. The van der Waals surface area contributed by atoms with Gasteiger partial charge < -0.3 is 4.90 Å². The molecule has 1 fully saturated rings. The van der Waals surface area contributed by atoms with Crippen LogP contribution in [0.4, 0.5) is 24.0 Å². The summed E-state index contributed by atoms with van der Waals surface area (Å²) in [5.41, 5.74) is -2.82. The predicted molar refractivity (Wildman–Crippen MR) is 88.2 cm³/mol. The molecule has 2 aromatic rings. The van der Waals surface area contributed by atoms with Crippen LogP contribution >= 0.6 is 11.3 Å². The monoisotopic (exact) mass is 373 g/mol. The largest absolute Gasteiger partial charge is 0.416 e. The van der Waals surface area contributed by atoms with Crippen LogP contribution in [0.1, 0.15) is 31.7 Å². The van der Waals surface area contributed by atoms with E-state index in [-0.39, 0.29) is 16.1 Å². The second-order valence-electron chi connectivity index (χ2n) is 5.83. The number of nitro benzene ring substituents is 1. The summed E-state index contributed by atoms with van der Waals surface area (Å²) in [6.07, 6.45) is -2.12. The number of nitro groups is 1. The number of alkyl halides is 3. The molecule has 1 saturated heterocycles. The van der Waals surface area contributed by atoms with Crippen molar-refractivity contribution in [3.63, 3.8) is 0 Å². The normalized spacial score (nSPS) is 18.1. The number of hydrogen-bond acceptors (Lipinski definition) is 6. The van der Waals surface area contributed by atoms with Gasteiger partial charge in [-0.1, -0.05) is 18.3 Å². The van der Waals surface area contributed by atoms with Crippen LogP contribution in [0.15, 0.2) is 16.9 Å². The fourth-order valence-corrected chi connectivity index (χ4v) is 4.24. The van der Waals surface area contributed by atoms with E-state index in [4.69, 9.17) is 0 Å². The molecule has 2 heterocycles. The van der Waals surface area contributed by atoms with Crippen LogP contribution in [0, 0.1) is 10.1 Å². The van der Waals surface area contributed by atoms with E-state index in [0.717, 1.165) is 30.6 Å². The van der Waals surface area contributed by atoms with Crippen molar-refractivity contribution < 1.29 is 18.1 Å². The Morgan fingerprint density at radius 1 is 1.44 bits per heavy atom. The van der Waals surface area contributed by atoms with E-state index >= 15 is 0 Å². The van der Waals surface area contributed by atoms with E-state index in [0.29, 0.717) is 23.8 Å². The van der Waals surface area contributed by atoms with Crippen LogP contribution < -0.4 is 10.5 Å². The Morgan fingerprint density at radius 3 is 2.76 bits per heavy atom. The summed E-state index contributed by atoms with van der Waals surface area (Å²) in [6.45, 7) is 2.66. The lowest BCUT2D eigenvalue weighted by atomic mass is 10.1. The van der Waals surface area contributed by atoms with E-state index < -0.39 is 27.9 Å². The number of aromatic nitrogens is 1. The van der Waals surface area contributed by atoms with Gasteiger partial charge in [0, 0.05) is 18.7 Å². The van der Waals surface area contributed by atoms with Gasteiger partial charge in [-0.2, -0.15) is 18.2 Å². The molecule has 1 unspecified atom stereocenters. The number of benzene rings is 1. The number of rotatable bonds is 3. The highest BCUT2D eigenvalue weighted by Crippen LogP contribution is 2.39. The van der Waals surface area contributed by atoms with Crippen LogP contribution in [-0.4, -0.2) is 22.5 Å². The molecule has 10 heteroatoms. The first-order valence-electron chi connectivity index (χ1n) is 7.69. The average molecular weight is 373 g/mol. The number of hydrogen-bond donors (Lipinski definition) is 0. The Morgan fingerprint density at radius 2 is 2.16 bits per heavy atom. The van der Waals surface area contributed by atoms with Gasteiger partial charge in [0.1, 0.15) is 4.70 Å². The SMILES string of the molecule is CCC1CCCN1c1nc(=O)c2cc(C(F)(F)F)cc([N+](=O)[O-])c2s1. The average Bonchev–Trinajstić information content (AvgIpc) is 3.01. The minimum atomic E-state index is -4.78. The molecule has 1 aromatic heterocycles. The molecule has 0 radical (unpaired) electrons. The van der Waals surface area contributed by atoms with Crippen LogP contribution in [0.25, 0.3) is 10.1 Å². The van der Waals surface area contributed by atoms with Gasteiger partial charge in [-0.3, -0.25) is 14.9 Å². The topological polar surface area (TPSA) is 76.3 Å². The van der Waals surface area contributed by atoms with Crippen molar-refractivity contribution in [2.24, 2.45) is 0 Å². The number of anilines is 1. The van der Waals surface area contributed by atoms with Crippen LogP contribution in [0.5, 0.6) is 0 Å². The molecule has 1 aliphatic heterocycles. The number of fused-ring (bicyclic) bond motifs is 1. The molecule has 6 nitrogen and oxygen atoms in total. The molecule has 0 bridgehead atoms. The maximum absolute atomic E-state index is 13.0. The van der Waals surface area contributed by atoms with Gasteiger partial charge in [0.2, 0.25) is 0 Å². The fraction of sp³-hybridized carbons (Fsp3) is 0.467. The molecule has 1 atom stereocenters. The molecular formula is C15H14F3N3O3S.